The summed E-state index contributed by atoms with van der Waals surface area (Å²) in [5.41, 5.74) is 3.31. The van der Waals surface area contributed by atoms with Gasteiger partial charge in [0.25, 0.3) is 5.91 Å². The minimum absolute atomic E-state index is 0.0440. The molecule has 0 fully saturated rings. The molecule has 9 nitrogen and oxygen atoms in total. The van der Waals surface area contributed by atoms with Gasteiger partial charge in [0.2, 0.25) is 0 Å². The second-order valence-corrected chi connectivity index (χ2v) is 9.72. The van der Waals surface area contributed by atoms with Crippen molar-refractivity contribution in [2.75, 3.05) is 23.9 Å². The lowest BCUT2D eigenvalue weighted by Gasteiger charge is -2.25. The molecule has 3 aromatic rings. The number of anilines is 2. The summed E-state index contributed by atoms with van der Waals surface area (Å²) in [6.45, 7) is 7.48. The molecular weight excluding hydrogens is 440 g/mol. The average molecular weight is 475 g/mol. The molecule has 5 heterocycles. The van der Waals surface area contributed by atoms with Crippen molar-refractivity contribution in [1.82, 2.24) is 30.0 Å². The Labute approximate surface area is 206 Å². The summed E-state index contributed by atoms with van der Waals surface area (Å²) in [5, 5.41) is 12.2. The van der Waals surface area contributed by atoms with Crippen molar-refractivity contribution in [3.05, 3.63) is 46.9 Å². The van der Waals surface area contributed by atoms with Crippen LogP contribution in [0.5, 0.6) is 0 Å². The van der Waals surface area contributed by atoms with Crippen LogP contribution >= 0.6 is 0 Å². The Kier molecular flexibility index (Phi) is 6.27. The summed E-state index contributed by atoms with van der Waals surface area (Å²) >= 11 is 0. The third-order valence-electron chi connectivity index (χ3n) is 7.25. The van der Waals surface area contributed by atoms with Crippen molar-refractivity contribution in [3.8, 4) is 11.5 Å². The predicted molar refractivity (Wildman–Crippen MR) is 137 cm³/mol. The van der Waals surface area contributed by atoms with Gasteiger partial charge in [-0.25, -0.2) is 9.97 Å². The molecule has 0 spiro atoms. The van der Waals surface area contributed by atoms with Crippen molar-refractivity contribution >= 4 is 17.5 Å². The zero-order chi connectivity index (χ0) is 24.7. The number of carbonyl (C=O) groups is 1. The van der Waals surface area contributed by atoms with Gasteiger partial charge < -0.3 is 14.8 Å². The first-order valence-corrected chi connectivity index (χ1v) is 12.6. The van der Waals surface area contributed by atoms with Crippen molar-refractivity contribution in [2.45, 2.75) is 71.6 Å². The zero-order valence-electron chi connectivity index (χ0n) is 21.2. The van der Waals surface area contributed by atoms with Gasteiger partial charge in [0.1, 0.15) is 23.2 Å². The lowest BCUT2D eigenvalue weighted by Crippen LogP contribution is -2.27. The van der Waals surface area contributed by atoms with Crippen LogP contribution in [0, 0.1) is 0 Å². The highest BCUT2D eigenvalue weighted by molar-refractivity contribution is 6.10. The number of fused-ring (bicyclic) bond motifs is 2. The zero-order valence-corrected chi connectivity index (χ0v) is 21.2. The second-order valence-electron chi connectivity index (χ2n) is 9.72. The summed E-state index contributed by atoms with van der Waals surface area (Å²) < 4.78 is 2.25. The number of pyridine rings is 2. The maximum Gasteiger partial charge on any atom is 0.260 e. The molecule has 0 aliphatic carbocycles. The van der Waals surface area contributed by atoms with Gasteiger partial charge in [-0.1, -0.05) is 13.0 Å². The van der Waals surface area contributed by atoms with Crippen molar-refractivity contribution in [3.63, 3.8) is 0 Å². The monoisotopic (exact) mass is 474 g/mol. The molecule has 9 heteroatoms. The number of aromatic nitrogens is 5. The van der Waals surface area contributed by atoms with E-state index in [9.17, 15) is 4.79 Å². The lowest BCUT2D eigenvalue weighted by molar-refractivity contribution is 0.0996. The summed E-state index contributed by atoms with van der Waals surface area (Å²) in [7, 11) is 3.91. The summed E-state index contributed by atoms with van der Waals surface area (Å²) in [5.74, 6) is 3.20. The van der Waals surface area contributed by atoms with Gasteiger partial charge in [-0.15, -0.1) is 10.2 Å². The van der Waals surface area contributed by atoms with Gasteiger partial charge in [-0.3, -0.25) is 9.69 Å². The summed E-state index contributed by atoms with van der Waals surface area (Å²) in [6, 6.07) is 8.38. The van der Waals surface area contributed by atoms with Gasteiger partial charge in [0.15, 0.2) is 5.82 Å². The van der Waals surface area contributed by atoms with E-state index in [1.807, 2.05) is 38.4 Å². The summed E-state index contributed by atoms with van der Waals surface area (Å²) in [6.07, 6.45) is 4.24. The predicted octanol–water partition coefficient (Wildman–Crippen LogP) is 3.75. The minimum Gasteiger partial charge on any atom is -0.357 e. The molecule has 0 aromatic carbocycles. The van der Waals surface area contributed by atoms with Crippen LogP contribution in [0.1, 0.15) is 73.5 Å². The van der Waals surface area contributed by atoms with Crippen LogP contribution in [-0.4, -0.2) is 50.8 Å². The number of nitrogens with zero attached hydrogens (tertiary/aromatic N) is 7. The number of hydrogen-bond donors (Lipinski definition) is 1. The number of aryl methyl sites for hydroxylation is 1. The standard InChI is InChI=1S/C26H34N8O/c1-6-17-9-7-12-23-30-31-25(34(17)23)20-10-8-11-22(28-20)33-15-19-18(26(33)35)13-24(32(5)16(2)3)29-21(19)14-27-4/h8,10-11,13,16-17,27H,6-7,9,12,14-15H2,1-5H3. The normalized spacial score (nSPS) is 17.1. The van der Waals surface area contributed by atoms with Crippen LogP contribution in [-0.2, 0) is 19.5 Å². The van der Waals surface area contributed by atoms with E-state index in [0.717, 1.165) is 60.1 Å². The number of rotatable bonds is 7. The molecule has 3 aromatic heterocycles. The molecule has 0 bridgehead atoms. The fourth-order valence-corrected chi connectivity index (χ4v) is 5.06. The Bertz CT molecular complexity index is 1250. The van der Waals surface area contributed by atoms with E-state index in [1.54, 1.807) is 4.90 Å². The van der Waals surface area contributed by atoms with Crippen LogP contribution in [0.25, 0.3) is 11.5 Å². The SMILES string of the molecule is CCC1CCCc2nnc(-c3cccc(N4Cc5c(cc(N(C)C(C)C)nc5CNC)C4=O)n3)n21. The maximum absolute atomic E-state index is 13.6. The van der Waals surface area contributed by atoms with E-state index in [-0.39, 0.29) is 11.9 Å². The van der Waals surface area contributed by atoms with Gasteiger partial charge in [-0.2, -0.15) is 0 Å². The van der Waals surface area contributed by atoms with Crippen molar-refractivity contribution in [2.24, 2.45) is 0 Å². The molecule has 1 atom stereocenters. The van der Waals surface area contributed by atoms with E-state index in [2.05, 4.69) is 45.8 Å². The second kappa shape index (κ2) is 9.37. The van der Waals surface area contributed by atoms with Gasteiger partial charge >= 0.3 is 0 Å². The van der Waals surface area contributed by atoms with Crippen LogP contribution in [0.3, 0.4) is 0 Å². The molecule has 0 saturated heterocycles. The van der Waals surface area contributed by atoms with Crippen molar-refractivity contribution < 1.29 is 4.79 Å². The first kappa shape index (κ1) is 23.4. The highest BCUT2D eigenvalue weighted by atomic mass is 16.2. The Morgan fingerprint density at radius 2 is 2.06 bits per heavy atom. The fourth-order valence-electron chi connectivity index (χ4n) is 5.06. The van der Waals surface area contributed by atoms with Gasteiger partial charge in [0, 0.05) is 37.7 Å². The highest BCUT2D eigenvalue weighted by Crippen LogP contribution is 2.34. The topological polar surface area (TPSA) is 92.1 Å². The molecule has 1 N–H and O–H groups in total. The molecule has 184 valence electrons. The number of hydrogen-bond acceptors (Lipinski definition) is 7. The molecule has 1 unspecified atom stereocenters. The van der Waals surface area contributed by atoms with Crippen molar-refractivity contribution in [1.29, 1.82) is 0 Å². The van der Waals surface area contributed by atoms with E-state index >= 15 is 0 Å². The number of amides is 1. The van der Waals surface area contributed by atoms with Crippen LogP contribution in [0.15, 0.2) is 24.3 Å². The number of carbonyl (C=O) groups excluding carboxylic acids is 1. The fraction of sp³-hybridized carbons (Fsp3) is 0.500. The van der Waals surface area contributed by atoms with Crippen LogP contribution < -0.4 is 15.1 Å². The molecule has 0 saturated carbocycles. The maximum atomic E-state index is 13.6. The Morgan fingerprint density at radius 3 is 2.80 bits per heavy atom. The molecule has 5 rings (SSSR count). The van der Waals surface area contributed by atoms with E-state index < -0.39 is 0 Å². The smallest absolute Gasteiger partial charge is 0.260 e. The molecule has 1 amide bonds. The average Bonchev–Trinajstić information content (AvgIpc) is 3.45. The quantitative estimate of drug-likeness (QED) is 0.558. The van der Waals surface area contributed by atoms with Gasteiger partial charge in [0.05, 0.1) is 17.8 Å². The largest absolute Gasteiger partial charge is 0.357 e. The minimum atomic E-state index is -0.0440. The first-order valence-electron chi connectivity index (χ1n) is 12.6. The molecule has 2 aliphatic heterocycles. The number of nitrogens with one attached hydrogen (secondary N) is 1. The molecule has 2 aliphatic rings. The Morgan fingerprint density at radius 1 is 1.23 bits per heavy atom. The van der Waals surface area contributed by atoms with Gasteiger partial charge in [-0.05, 0) is 58.4 Å². The third kappa shape index (κ3) is 4.07. The Hall–Kier alpha value is -3.33. The Balaban J connectivity index is 1.51. The molecule has 35 heavy (non-hydrogen) atoms. The molecule has 0 radical (unpaired) electrons. The molecular formula is C26H34N8O. The van der Waals surface area contributed by atoms with E-state index in [4.69, 9.17) is 9.97 Å². The van der Waals surface area contributed by atoms with E-state index in [1.165, 1.54) is 0 Å². The van der Waals surface area contributed by atoms with E-state index in [0.29, 0.717) is 30.5 Å². The van der Waals surface area contributed by atoms with Crippen LogP contribution in [0.4, 0.5) is 11.6 Å². The lowest BCUT2D eigenvalue weighted by atomic mass is 10.0. The first-order chi connectivity index (χ1) is 16.9. The van der Waals surface area contributed by atoms with Crippen LogP contribution in [0.2, 0.25) is 0 Å². The summed E-state index contributed by atoms with van der Waals surface area (Å²) in [4.78, 5) is 27.2. The highest BCUT2D eigenvalue weighted by Gasteiger charge is 2.33. The third-order valence-corrected chi connectivity index (χ3v) is 7.25.